The number of nitrogen functional groups attached to an aromatic ring is 1. The predicted octanol–water partition coefficient (Wildman–Crippen LogP) is 5.22. The highest BCUT2D eigenvalue weighted by Crippen LogP contribution is 2.25. The molecule has 4 aromatic rings. The fraction of sp³-hybridized carbons (Fsp3) is 0.469. The summed E-state index contributed by atoms with van der Waals surface area (Å²) in [5.74, 6) is 1.79. The van der Waals surface area contributed by atoms with E-state index in [-0.39, 0.29) is 5.41 Å². The zero-order valence-corrected chi connectivity index (χ0v) is 25.7. The zero-order chi connectivity index (χ0) is 30.0. The number of hydrogen-bond donors (Lipinski definition) is 2. The van der Waals surface area contributed by atoms with E-state index in [4.69, 9.17) is 10.5 Å². The lowest BCUT2D eigenvalue weighted by molar-refractivity contribution is 0.0669. The van der Waals surface area contributed by atoms with Gasteiger partial charge in [0.1, 0.15) is 17.9 Å². The number of likely N-dealkylation sites (N-methyl/N-ethyl adjacent to an activating group) is 1. The highest BCUT2D eigenvalue weighted by atomic mass is 16.5. The van der Waals surface area contributed by atoms with E-state index in [2.05, 4.69) is 46.1 Å². The van der Waals surface area contributed by atoms with E-state index >= 15 is 0 Å². The molecule has 2 aromatic carbocycles. The SMILES string of the molecule is CC(C)[C@H]1CN(CCCOc2ccc3c(c2)ncn3-c2ccc(NC(=O)n3nc(C(C)(C)C)cc3N)cc2)CCN1C. The molecule has 1 amide bonds. The number of benzene rings is 2. The van der Waals surface area contributed by atoms with Crippen molar-refractivity contribution in [2.75, 3.05) is 50.9 Å². The molecule has 42 heavy (non-hydrogen) atoms. The summed E-state index contributed by atoms with van der Waals surface area (Å²) < 4.78 is 9.31. The van der Waals surface area contributed by atoms with Gasteiger partial charge in [-0.2, -0.15) is 9.78 Å². The van der Waals surface area contributed by atoms with Gasteiger partial charge in [0.2, 0.25) is 0 Å². The molecule has 1 aliphatic rings. The van der Waals surface area contributed by atoms with E-state index in [1.165, 1.54) is 4.68 Å². The van der Waals surface area contributed by atoms with E-state index < -0.39 is 6.03 Å². The monoisotopic (exact) mass is 572 g/mol. The molecule has 0 aliphatic carbocycles. The molecule has 10 nitrogen and oxygen atoms in total. The van der Waals surface area contributed by atoms with E-state index in [1.807, 2.05) is 67.8 Å². The Bertz CT molecular complexity index is 1520. The van der Waals surface area contributed by atoms with E-state index in [9.17, 15) is 4.79 Å². The normalized spacial score (nSPS) is 16.8. The van der Waals surface area contributed by atoms with Crippen LogP contribution in [-0.2, 0) is 5.41 Å². The van der Waals surface area contributed by atoms with Crippen molar-refractivity contribution >= 4 is 28.6 Å². The number of ether oxygens (including phenoxy) is 1. The Morgan fingerprint density at radius 3 is 2.57 bits per heavy atom. The fourth-order valence-electron chi connectivity index (χ4n) is 5.46. The Balaban J connectivity index is 1.16. The molecule has 224 valence electrons. The first kappa shape index (κ1) is 29.6. The van der Waals surface area contributed by atoms with Crippen molar-refractivity contribution in [2.45, 2.75) is 52.5 Å². The van der Waals surface area contributed by atoms with Crippen molar-refractivity contribution in [1.82, 2.24) is 29.1 Å². The summed E-state index contributed by atoms with van der Waals surface area (Å²) in [6, 6.07) is 15.6. The average molecular weight is 573 g/mol. The number of nitrogens with zero attached hydrogens (tertiary/aromatic N) is 6. The standard InChI is InChI=1S/C32H44N8O2/c1-22(2)28-20-38(16-15-37(28)6)14-7-17-42-25-12-13-27-26(18-25)34-21-39(27)24-10-8-23(9-11-24)35-31(41)40-30(33)19-29(36-40)32(3,4)5/h8-13,18-19,21-22,28H,7,14-17,20,33H2,1-6H3,(H,35,41)/t28-/m1/s1. The van der Waals surface area contributed by atoms with Crippen LogP contribution in [0.4, 0.5) is 16.3 Å². The number of carbonyl (C=O) groups excluding carboxylic acids is 1. The third-order valence-corrected chi connectivity index (χ3v) is 8.05. The quantitative estimate of drug-likeness (QED) is 0.279. The third-order valence-electron chi connectivity index (χ3n) is 8.05. The molecule has 5 rings (SSSR count). The van der Waals surface area contributed by atoms with Crippen LogP contribution in [0.15, 0.2) is 54.9 Å². The van der Waals surface area contributed by atoms with Crippen molar-refractivity contribution in [3.8, 4) is 11.4 Å². The fourth-order valence-corrected chi connectivity index (χ4v) is 5.46. The number of imidazole rings is 1. The van der Waals surface area contributed by atoms with Crippen molar-refractivity contribution in [3.63, 3.8) is 0 Å². The molecule has 1 fully saturated rings. The first-order valence-electron chi connectivity index (χ1n) is 14.8. The smallest absolute Gasteiger partial charge is 0.348 e. The topological polar surface area (TPSA) is 106 Å². The van der Waals surface area contributed by atoms with Crippen molar-refractivity contribution < 1.29 is 9.53 Å². The Morgan fingerprint density at radius 2 is 1.88 bits per heavy atom. The first-order valence-corrected chi connectivity index (χ1v) is 14.8. The number of rotatable bonds is 8. The second-order valence-corrected chi connectivity index (χ2v) is 12.7. The molecule has 1 atom stereocenters. The molecule has 10 heteroatoms. The van der Waals surface area contributed by atoms with Crippen molar-refractivity contribution in [3.05, 3.63) is 60.6 Å². The minimum atomic E-state index is -0.403. The van der Waals surface area contributed by atoms with E-state index in [0.29, 0.717) is 30.1 Å². The molecule has 0 unspecified atom stereocenters. The Labute approximate surface area is 248 Å². The van der Waals surface area contributed by atoms with Gasteiger partial charge in [-0.3, -0.25) is 4.57 Å². The minimum Gasteiger partial charge on any atom is -0.493 e. The Morgan fingerprint density at radius 1 is 1.12 bits per heavy atom. The summed E-state index contributed by atoms with van der Waals surface area (Å²) in [5, 5.41) is 7.26. The highest BCUT2D eigenvalue weighted by Gasteiger charge is 2.26. The van der Waals surface area contributed by atoms with Gasteiger partial charge in [0.25, 0.3) is 0 Å². The van der Waals surface area contributed by atoms with Crippen LogP contribution in [-0.4, -0.2) is 81.0 Å². The van der Waals surface area contributed by atoms with Crippen LogP contribution < -0.4 is 15.8 Å². The molecular weight excluding hydrogens is 528 g/mol. The van der Waals surface area contributed by atoms with Crippen molar-refractivity contribution in [1.29, 1.82) is 0 Å². The molecule has 0 saturated carbocycles. The largest absolute Gasteiger partial charge is 0.493 e. The van der Waals surface area contributed by atoms with Gasteiger partial charge in [0.05, 0.1) is 23.3 Å². The van der Waals surface area contributed by atoms with E-state index in [1.54, 1.807) is 12.4 Å². The molecule has 1 saturated heterocycles. The maximum atomic E-state index is 12.8. The van der Waals surface area contributed by atoms with Gasteiger partial charge in [-0.1, -0.05) is 34.6 Å². The first-order chi connectivity index (χ1) is 20.0. The van der Waals surface area contributed by atoms with Crippen LogP contribution in [0.2, 0.25) is 0 Å². The molecule has 3 heterocycles. The number of amides is 1. The van der Waals surface area contributed by atoms with Crippen LogP contribution in [0.3, 0.4) is 0 Å². The lowest BCUT2D eigenvalue weighted by Crippen LogP contribution is -2.53. The van der Waals surface area contributed by atoms with Gasteiger partial charge < -0.3 is 25.6 Å². The molecule has 0 spiro atoms. The molecular formula is C32H44N8O2. The van der Waals surface area contributed by atoms with Gasteiger partial charge in [-0.05, 0) is 55.8 Å². The summed E-state index contributed by atoms with van der Waals surface area (Å²) in [4.78, 5) is 22.5. The molecule has 0 radical (unpaired) electrons. The van der Waals surface area contributed by atoms with Crippen LogP contribution >= 0.6 is 0 Å². The van der Waals surface area contributed by atoms with Gasteiger partial charge >= 0.3 is 6.03 Å². The summed E-state index contributed by atoms with van der Waals surface area (Å²) in [7, 11) is 2.24. The summed E-state index contributed by atoms with van der Waals surface area (Å²) >= 11 is 0. The molecule has 2 aromatic heterocycles. The number of piperazine rings is 1. The molecule has 0 bridgehead atoms. The Kier molecular flexibility index (Phi) is 8.56. The summed E-state index contributed by atoms with van der Waals surface area (Å²) in [6.45, 7) is 15.8. The number of hydrogen-bond acceptors (Lipinski definition) is 7. The number of nitrogens with two attached hydrogens (primary N) is 1. The minimum absolute atomic E-state index is 0.204. The van der Waals surface area contributed by atoms with Crippen LogP contribution in [0, 0.1) is 5.92 Å². The highest BCUT2D eigenvalue weighted by molar-refractivity contribution is 5.92. The van der Waals surface area contributed by atoms with Gasteiger partial charge in [-0.25, -0.2) is 9.78 Å². The summed E-state index contributed by atoms with van der Waals surface area (Å²) in [6.07, 6.45) is 2.80. The Hall–Kier alpha value is -3.89. The van der Waals surface area contributed by atoms with Crippen LogP contribution in [0.1, 0.15) is 46.7 Å². The van der Waals surface area contributed by atoms with Crippen LogP contribution in [0.25, 0.3) is 16.7 Å². The second-order valence-electron chi connectivity index (χ2n) is 12.7. The van der Waals surface area contributed by atoms with Crippen LogP contribution in [0.5, 0.6) is 5.75 Å². The number of carbonyl (C=O) groups is 1. The molecule has 1 aliphatic heterocycles. The number of fused-ring (bicyclic) bond motifs is 1. The lowest BCUT2D eigenvalue weighted by atomic mass is 9.92. The predicted molar refractivity (Wildman–Crippen MR) is 169 cm³/mol. The number of nitrogens with one attached hydrogen (secondary N) is 1. The van der Waals surface area contributed by atoms with Gasteiger partial charge in [0.15, 0.2) is 0 Å². The zero-order valence-electron chi connectivity index (χ0n) is 25.7. The van der Waals surface area contributed by atoms with Gasteiger partial charge in [0, 0.05) is 61.1 Å². The van der Waals surface area contributed by atoms with Gasteiger partial charge in [-0.15, -0.1) is 0 Å². The maximum absolute atomic E-state index is 12.8. The maximum Gasteiger partial charge on any atom is 0.348 e. The summed E-state index contributed by atoms with van der Waals surface area (Å²) in [5.41, 5.74) is 10.0. The molecule has 3 N–H and O–H groups in total. The lowest BCUT2D eigenvalue weighted by Gasteiger charge is -2.41. The average Bonchev–Trinajstić information content (AvgIpc) is 3.56. The van der Waals surface area contributed by atoms with Crippen molar-refractivity contribution in [2.24, 2.45) is 5.92 Å². The number of aromatic nitrogens is 4. The third kappa shape index (κ3) is 6.60. The number of anilines is 2. The second kappa shape index (κ2) is 12.1. The van der Waals surface area contributed by atoms with E-state index in [0.717, 1.165) is 60.8 Å².